The van der Waals surface area contributed by atoms with Crippen LogP contribution in [-0.4, -0.2) is 91.9 Å². The van der Waals surface area contributed by atoms with Crippen LogP contribution in [0.25, 0.3) is 0 Å². The predicted octanol–water partition coefficient (Wildman–Crippen LogP) is 3.48. The normalized spacial score (nSPS) is 18.4. The Morgan fingerprint density at radius 1 is 0.867 bits per heavy atom. The van der Waals surface area contributed by atoms with Gasteiger partial charge in [0.05, 0.1) is 36.7 Å². The molecule has 1 heterocycles. The van der Waals surface area contributed by atoms with E-state index < -0.39 is 91.2 Å². The summed E-state index contributed by atoms with van der Waals surface area (Å²) in [7, 11) is -2.41. The van der Waals surface area contributed by atoms with E-state index in [0.717, 1.165) is 0 Å². The number of nitrogens with zero attached hydrogens (tertiary/aromatic N) is 1. The molecule has 0 aromatic rings. The average Bonchev–Trinajstić information content (AvgIpc) is 2.89. The molecule has 2 amide bonds. The third-order valence-electron chi connectivity index (χ3n) is 7.79. The molecule has 1 fully saturated rings. The van der Waals surface area contributed by atoms with Gasteiger partial charge in [-0.15, -0.1) is 0 Å². The minimum Gasteiger partial charge on any atom is -0.465 e. The summed E-state index contributed by atoms with van der Waals surface area (Å²) in [6.45, 7) is 20.4. The van der Waals surface area contributed by atoms with E-state index in [-0.39, 0.29) is 24.0 Å². The van der Waals surface area contributed by atoms with Crippen LogP contribution < -0.4 is 0 Å². The van der Waals surface area contributed by atoms with E-state index in [1.54, 1.807) is 41.5 Å². The summed E-state index contributed by atoms with van der Waals surface area (Å²) in [6, 6.07) is -1.10. The number of ether oxygens (including phenoxy) is 4. The molecule has 0 N–H and O–H groups in total. The monoisotopic (exact) mass is 675 g/mol. The fourth-order valence-corrected chi connectivity index (χ4v) is 6.60. The minimum atomic E-state index is -2.41. The SMILES string of the molecule is CCOC(=O)C(CSC(=O)[C@H](C)[C@@H]1[C@@H]([C@@H](C)O[Si](C)(C)C(C)(C)C)C(=O)N1C(=O)C(=O)OCOC(=O)C(C)(C)C)C(=O)OCC. The van der Waals surface area contributed by atoms with E-state index in [4.69, 9.17) is 23.4 Å². The second-order valence-electron chi connectivity index (χ2n) is 13.3. The van der Waals surface area contributed by atoms with Gasteiger partial charge in [0, 0.05) is 11.7 Å². The molecule has 0 radical (unpaired) electrons. The first-order valence-electron chi connectivity index (χ1n) is 14.9. The van der Waals surface area contributed by atoms with Crippen LogP contribution >= 0.6 is 11.8 Å². The van der Waals surface area contributed by atoms with Crippen molar-refractivity contribution in [1.29, 1.82) is 0 Å². The summed E-state index contributed by atoms with van der Waals surface area (Å²) in [5, 5.41) is -0.749. The first kappa shape index (κ1) is 40.2. The fraction of sp³-hybridized carbons (Fsp3) is 0.767. The zero-order chi connectivity index (χ0) is 35.1. The number of carbonyl (C=O) groups excluding carboxylic acids is 7. The van der Waals surface area contributed by atoms with Crippen molar-refractivity contribution < 1.29 is 56.9 Å². The Morgan fingerprint density at radius 3 is 1.82 bits per heavy atom. The summed E-state index contributed by atoms with van der Waals surface area (Å²) in [6.07, 6.45) is -0.719. The number of β-lactam (4-membered cyclic amide) rings is 1. The molecular weight excluding hydrogens is 626 g/mol. The van der Waals surface area contributed by atoms with Gasteiger partial charge in [0.25, 0.3) is 0 Å². The number of rotatable bonds is 13. The van der Waals surface area contributed by atoms with Crippen LogP contribution in [0.5, 0.6) is 0 Å². The fourth-order valence-electron chi connectivity index (χ4n) is 4.16. The topological polar surface area (TPSA) is 169 Å². The summed E-state index contributed by atoms with van der Waals surface area (Å²) in [5.74, 6) is -9.50. The number of thioether (sulfide) groups is 1. The van der Waals surface area contributed by atoms with Crippen LogP contribution in [0, 0.1) is 23.2 Å². The quantitative estimate of drug-likeness (QED) is 0.0530. The Bertz CT molecular complexity index is 1120. The number of likely N-dealkylation sites (tertiary alicyclic amines) is 1. The van der Waals surface area contributed by atoms with Crippen LogP contribution in [0.1, 0.15) is 69.2 Å². The number of hydrogen-bond donors (Lipinski definition) is 0. The van der Waals surface area contributed by atoms with E-state index >= 15 is 0 Å². The average molecular weight is 676 g/mol. The van der Waals surface area contributed by atoms with E-state index in [1.807, 2.05) is 33.9 Å². The molecule has 15 heteroatoms. The lowest BCUT2D eigenvalue weighted by molar-refractivity contribution is -0.188. The van der Waals surface area contributed by atoms with Gasteiger partial charge in [-0.1, -0.05) is 39.5 Å². The first-order chi connectivity index (χ1) is 20.5. The number of carbonyl (C=O) groups is 7. The van der Waals surface area contributed by atoms with Crippen molar-refractivity contribution in [2.24, 2.45) is 23.2 Å². The second-order valence-corrected chi connectivity index (χ2v) is 19.1. The molecule has 1 aliphatic rings. The molecule has 0 aromatic carbocycles. The van der Waals surface area contributed by atoms with Gasteiger partial charge in [0.15, 0.2) is 19.4 Å². The molecule has 1 aliphatic heterocycles. The number of imide groups is 1. The van der Waals surface area contributed by atoms with Crippen molar-refractivity contribution in [2.75, 3.05) is 25.8 Å². The lowest BCUT2D eigenvalue weighted by Gasteiger charge is -2.51. The van der Waals surface area contributed by atoms with Crippen LogP contribution in [0.3, 0.4) is 0 Å². The van der Waals surface area contributed by atoms with Gasteiger partial charge in [-0.3, -0.25) is 33.7 Å². The zero-order valence-electron chi connectivity index (χ0n) is 28.5. The standard InChI is InChI=1S/C30H49NO12SSi/c1-13-39-24(34)19(25(35)40-14-2)15-44-27(37)17(3)21-20(18(4)43-45(11,12)30(8,9)10)22(32)31(21)23(33)26(36)41-16-42-28(38)29(5,6)7/h17-21H,13-16H2,1-12H3/t17-,18-,20-,21-/m1/s1. The highest BCUT2D eigenvalue weighted by atomic mass is 32.2. The van der Waals surface area contributed by atoms with Gasteiger partial charge < -0.3 is 23.4 Å². The maximum Gasteiger partial charge on any atom is 0.400 e. The van der Waals surface area contributed by atoms with Crippen LogP contribution in [-0.2, 0) is 56.9 Å². The highest BCUT2D eigenvalue weighted by Crippen LogP contribution is 2.42. The molecular formula is C30H49NO12SSi. The molecule has 13 nitrogen and oxygen atoms in total. The highest BCUT2D eigenvalue weighted by Gasteiger charge is 2.59. The predicted molar refractivity (Wildman–Crippen MR) is 167 cm³/mol. The van der Waals surface area contributed by atoms with Crippen molar-refractivity contribution in [3.05, 3.63) is 0 Å². The van der Waals surface area contributed by atoms with Gasteiger partial charge >= 0.3 is 29.8 Å². The molecule has 0 saturated carbocycles. The van der Waals surface area contributed by atoms with Gasteiger partial charge in [-0.05, 0) is 59.7 Å². The largest absolute Gasteiger partial charge is 0.465 e. The van der Waals surface area contributed by atoms with Gasteiger partial charge in [0.2, 0.25) is 12.7 Å². The van der Waals surface area contributed by atoms with Gasteiger partial charge in [-0.25, -0.2) is 4.79 Å². The first-order valence-corrected chi connectivity index (χ1v) is 18.8. The Kier molecular flexibility index (Phi) is 14.5. The molecule has 0 spiro atoms. The molecule has 0 bridgehead atoms. The third-order valence-corrected chi connectivity index (χ3v) is 13.5. The van der Waals surface area contributed by atoms with Crippen molar-refractivity contribution in [2.45, 2.75) is 99.5 Å². The van der Waals surface area contributed by atoms with Crippen molar-refractivity contribution >= 4 is 60.9 Å². The number of amides is 2. The van der Waals surface area contributed by atoms with E-state index in [9.17, 15) is 33.6 Å². The van der Waals surface area contributed by atoms with E-state index in [1.165, 1.54) is 6.92 Å². The minimum absolute atomic E-state index is 0.0182. The van der Waals surface area contributed by atoms with Crippen LogP contribution in [0.4, 0.5) is 0 Å². The molecule has 1 rings (SSSR count). The third kappa shape index (κ3) is 10.4. The maximum atomic E-state index is 13.4. The van der Waals surface area contributed by atoms with Crippen molar-refractivity contribution in [3.63, 3.8) is 0 Å². The van der Waals surface area contributed by atoms with Crippen LogP contribution in [0.2, 0.25) is 18.1 Å². The maximum absolute atomic E-state index is 13.4. The van der Waals surface area contributed by atoms with Crippen LogP contribution in [0.15, 0.2) is 0 Å². The molecule has 0 unspecified atom stereocenters. The molecule has 0 aliphatic carbocycles. The Morgan fingerprint density at radius 2 is 1.38 bits per heavy atom. The van der Waals surface area contributed by atoms with Gasteiger partial charge in [0.1, 0.15) is 0 Å². The molecule has 45 heavy (non-hydrogen) atoms. The second kappa shape index (κ2) is 16.2. The number of esters is 4. The Labute approximate surface area is 270 Å². The lowest BCUT2D eigenvalue weighted by Crippen LogP contribution is -2.71. The van der Waals surface area contributed by atoms with Gasteiger partial charge in [-0.2, -0.15) is 0 Å². The summed E-state index contributed by atoms with van der Waals surface area (Å²) < 4.78 is 26.1. The van der Waals surface area contributed by atoms with Crippen molar-refractivity contribution in [1.82, 2.24) is 4.90 Å². The molecule has 1 saturated heterocycles. The summed E-state index contributed by atoms with van der Waals surface area (Å²) >= 11 is 0.657. The molecule has 256 valence electrons. The molecule has 0 aromatic heterocycles. The Hall–Kier alpha value is -2.78. The van der Waals surface area contributed by atoms with E-state index in [0.29, 0.717) is 16.7 Å². The smallest absolute Gasteiger partial charge is 0.400 e. The van der Waals surface area contributed by atoms with Crippen molar-refractivity contribution in [3.8, 4) is 0 Å². The van der Waals surface area contributed by atoms with E-state index in [2.05, 4.69) is 0 Å². The Balaban J connectivity index is 3.26. The zero-order valence-corrected chi connectivity index (χ0v) is 30.3. The summed E-state index contributed by atoms with van der Waals surface area (Å²) in [4.78, 5) is 90.1. The number of hydrogen-bond acceptors (Lipinski definition) is 13. The summed E-state index contributed by atoms with van der Waals surface area (Å²) in [5.41, 5.74) is -0.879. The lowest BCUT2D eigenvalue weighted by atomic mass is 9.77. The molecule has 4 atom stereocenters. The highest BCUT2D eigenvalue weighted by molar-refractivity contribution is 8.13.